The molecule has 1 atom stereocenters. The molecule has 2 heterocycles. The third kappa shape index (κ3) is 6.20. The molecule has 0 saturated heterocycles. The zero-order valence-electron chi connectivity index (χ0n) is 24.1. The van der Waals surface area contributed by atoms with Crippen LogP contribution in [-0.4, -0.2) is 44.1 Å². The highest BCUT2D eigenvalue weighted by atomic mass is 79.9. The fraction of sp³-hybridized carbons (Fsp3) is 0.367. The number of allylic oxidation sites excluding steroid dienone is 1. The Balaban J connectivity index is 1.93. The summed E-state index contributed by atoms with van der Waals surface area (Å²) in [6, 6.07) is 8.28. The minimum atomic E-state index is -0.781. The van der Waals surface area contributed by atoms with Gasteiger partial charge in [0.1, 0.15) is 0 Å². The van der Waals surface area contributed by atoms with Crippen molar-refractivity contribution >= 4 is 39.3 Å². The van der Waals surface area contributed by atoms with E-state index in [-0.39, 0.29) is 23.8 Å². The summed E-state index contributed by atoms with van der Waals surface area (Å²) in [4.78, 5) is 32.3. The molecule has 0 saturated carbocycles. The molecule has 1 aromatic heterocycles. The maximum atomic E-state index is 14.0. The lowest BCUT2D eigenvalue weighted by Crippen LogP contribution is -2.40. The standard InChI is InChI=1S/C30H33BrN2O7S/c1-8-38-27-20(31)12-18(13-23(27)37-7)14-24-28(34)33-26(19-10-11-21(40-16(3)4)22(15-19)36-6)25(29(35)39-9-2)17(5)32-30(33)41-24/h10-16,26H,8-9H2,1-7H3/b24-14-/t26-/m1/s1. The fourth-order valence-corrected chi connectivity index (χ4v) is 6.19. The number of carbonyl (C=O) groups excluding carboxylic acids is 1. The minimum Gasteiger partial charge on any atom is -0.493 e. The Kier molecular flexibility index (Phi) is 9.60. The van der Waals surface area contributed by atoms with Crippen LogP contribution in [-0.2, 0) is 9.53 Å². The number of benzene rings is 2. The summed E-state index contributed by atoms with van der Waals surface area (Å²) >= 11 is 4.79. The second-order valence-electron chi connectivity index (χ2n) is 9.35. The average molecular weight is 646 g/mol. The molecular formula is C30H33BrN2O7S. The van der Waals surface area contributed by atoms with E-state index in [0.29, 0.717) is 54.7 Å². The van der Waals surface area contributed by atoms with E-state index in [1.165, 1.54) is 15.9 Å². The lowest BCUT2D eigenvalue weighted by atomic mass is 9.95. The third-order valence-electron chi connectivity index (χ3n) is 6.22. The molecule has 3 aromatic rings. The molecule has 0 spiro atoms. The van der Waals surface area contributed by atoms with Crippen molar-refractivity contribution < 1.29 is 28.5 Å². The quantitative estimate of drug-likeness (QED) is 0.294. The first-order valence-electron chi connectivity index (χ1n) is 13.2. The van der Waals surface area contributed by atoms with Crippen LogP contribution in [0.4, 0.5) is 0 Å². The Hall–Kier alpha value is -3.57. The maximum absolute atomic E-state index is 14.0. The van der Waals surface area contributed by atoms with Gasteiger partial charge in [-0.15, -0.1) is 0 Å². The van der Waals surface area contributed by atoms with Gasteiger partial charge < -0.3 is 23.7 Å². The van der Waals surface area contributed by atoms with Crippen molar-refractivity contribution in [3.8, 4) is 23.0 Å². The monoisotopic (exact) mass is 644 g/mol. The molecule has 4 rings (SSSR count). The molecule has 1 aliphatic heterocycles. The number of hydrogen-bond donors (Lipinski definition) is 0. The first kappa shape index (κ1) is 30.4. The molecule has 41 heavy (non-hydrogen) atoms. The van der Waals surface area contributed by atoms with E-state index < -0.39 is 12.0 Å². The molecule has 9 nitrogen and oxygen atoms in total. The van der Waals surface area contributed by atoms with Gasteiger partial charge in [-0.2, -0.15) is 0 Å². The number of fused-ring (bicyclic) bond motifs is 1. The molecule has 0 fully saturated rings. The summed E-state index contributed by atoms with van der Waals surface area (Å²) in [5.74, 6) is 1.64. The van der Waals surface area contributed by atoms with Gasteiger partial charge in [0.25, 0.3) is 5.56 Å². The van der Waals surface area contributed by atoms with Crippen molar-refractivity contribution in [2.45, 2.75) is 46.8 Å². The number of hydrogen-bond acceptors (Lipinski definition) is 9. The van der Waals surface area contributed by atoms with Gasteiger partial charge in [0.15, 0.2) is 27.8 Å². The van der Waals surface area contributed by atoms with Crippen molar-refractivity contribution in [1.29, 1.82) is 0 Å². The Labute approximate surface area is 250 Å². The second kappa shape index (κ2) is 12.9. The van der Waals surface area contributed by atoms with Crippen LogP contribution in [0.1, 0.15) is 51.8 Å². The van der Waals surface area contributed by atoms with Gasteiger partial charge in [0.2, 0.25) is 0 Å². The Morgan fingerprint density at radius 3 is 2.46 bits per heavy atom. The Morgan fingerprint density at radius 2 is 1.83 bits per heavy atom. The summed E-state index contributed by atoms with van der Waals surface area (Å²) in [7, 11) is 3.11. The minimum absolute atomic E-state index is 0.0640. The third-order valence-corrected chi connectivity index (χ3v) is 7.79. The van der Waals surface area contributed by atoms with E-state index in [2.05, 4.69) is 20.9 Å². The summed E-state index contributed by atoms with van der Waals surface area (Å²) in [6.07, 6.45) is 1.71. The number of esters is 1. The number of methoxy groups -OCH3 is 2. The van der Waals surface area contributed by atoms with Gasteiger partial charge >= 0.3 is 5.97 Å². The number of halogens is 1. The largest absolute Gasteiger partial charge is 0.493 e. The zero-order valence-corrected chi connectivity index (χ0v) is 26.5. The first-order chi connectivity index (χ1) is 19.6. The molecule has 0 N–H and O–H groups in total. The normalized spacial score (nSPS) is 15.0. The van der Waals surface area contributed by atoms with Crippen LogP contribution < -0.4 is 33.8 Å². The van der Waals surface area contributed by atoms with E-state index in [4.69, 9.17) is 23.7 Å². The molecule has 2 aromatic carbocycles. The van der Waals surface area contributed by atoms with Crippen molar-refractivity contribution in [2.24, 2.45) is 4.99 Å². The second-order valence-corrected chi connectivity index (χ2v) is 11.2. The number of thiazole rings is 1. The molecule has 218 valence electrons. The first-order valence-corrected chi connectivity index (χ1v) is 14.8. The highest BCUT2D eigenvalue weighted by Crippen LogP contribution is 2.38. The van der Waals surface area contributed by atoms with Crippen molar-refractivity contribution in [3.05, 3.63) is 76.9 Å². The van der Waals surface area contributed by atoms with E-state index >= 15 is 0 Å². The van der Waals surface area contributed by atoms with Crippen LogP contribution in [0.2, 0.25) is 0 Å². The van der Waals surface area contributed by atoms with Gasteiger partial charge in [-0.05, 0) is 92.0 Å². The van der Waals surface area contributed by atoms with Crippen LogP contribution in [0.15, 0.2) is 55.9 Å². The molecular weight excluding hydrogens is 612 g/mol. The van der Waals surface area contributed by atoms with Gasteiger partial charge in [-0.1, -0.05) is 17.4 Å². The predicted octanol–water partition coefficient (Wildman–Crippen LogP) is 4.76. The van der Waals surface area contributed by atoms with Crippen molar-refractivity contribution in [3.63, 3.8) is 0 Å². The smallest absolute Gasteiger partial charge is 0.338 e. The predicted molar refractivity (Wildman–Crippen MR) is 161 cm³/mol. The Bertz CT molecular complexity index is 1670. The molecule has 0 amide bonds. The Morgan fingerprint density at radius 1 is 1.10 bits per heavy atom. The number of carbonyl (C=O) groups is 1. The fourth-order valence-electron chi connectivity index (χ4n) is 4.57. The van der Waals surface area contributed by atoms with Crippen molar-refractivity contribution in [1.82, 2.24) is 4.57 Å². The van der Waals surface area contributed by atoms with Gasteiger partial charge in [0, 0.05) is 0 Å². The molecule has 0 aliphatic carbocycles. The lowest BCUT2D eigenvalue weighted by molar-refractivity contribution is -0.139. The highest BCUT2D eigenvalue weighted by Gasteiger charge is 2.34. The van der Waals surface area contributed by atoms with E-state index in [1.54, 1.807) is 52.3 Å². The number of nitrogens with zero attached hydrogens (tertiary/aromatic N) is 2. The molecule has 0 radical (unpaired) electrons. The van der Waals surface area contributed by atoms with Gasteiger partial charge in [0.05, 0.1) is 59.9 Å². The topological polar surface area (TPSA) is 97.6 Å². The van der Waals surface area contributed by atoms with Crippen LogP contribution in [0.25, 0.3) is 6.08 Å². The van der Waals surface area contributed by atoms with Crippen LogP contribution in [0, 0.1) is 0 Å². The zero-order chi connectivity index (χ0) is 29.8. The molecule has 11 heteroatoms. The highest BCUT2D eigenvalue weighted by molar-refractivity contribution is 9.10. The average Bonchev–Trinajstić information content (AvgIpc) is 3.23. The number of ether oxygens (including phenoxy) is 5. The van der Waals surface area contributed by atoms with Gasteiger partial charge in [-0.3, -0.25) is 9.36 Å². The summed E-state index contributed by atoms with van der Waals surface area (Å²) in [6.45, 7) is 9.89. The maximum Gasteiger partial charge on any atom is 0.338 e. The number of rotatable bonds is 10. The molecule has 0 bridgehead atoms. The van der Waals surface area contributed by atoms with E-state index in [9.17, 15) is 9.59 Å². The summed E-state index contributed by atoms with van der Waals surface area (Å²) in [5, 5.41) is 0. The van der Waals surface area contributed by atoms with E-state index in [0.717, 1.165) is 5.56 Å². The summed E-state index contributed by atoms with van der Waals surface area (Å²) in [5.41, 5.74) is 1.87. The van der Waals surface area contributed by atoms with Crippen LogP contribution in [0.3, 0.4) is 0 Å². The lowest BCUT2D eigenvalue weighted by Gasteiger charge is -2.25. The SMILES string of the molecule is CCOC(=O)C1=C(C)N=c2s/c(=C\c3cc(Br)c(OCC)c(OC)c3)c(=O)n2[C@@H]1c1ccc(OC(C)C)c(OC)c1. The van der Waals surface area contributed by atoms with Crippen LogP contribution >= 0.6 is 27.3 Å². The summed E-state index contributed by atoms with van der Waals surface area (Å²) < 4.78 is 30.8. The van der Waals surface area contributed by atoms with Crippen LogP contribution in [0.5, 0.6) is 23.0 Å². The van der Waals surface area contributed by atoms with Gasteiger partial charge in [-0.25, -0.2) is 9.79 Å². The number of aromatic nitrogens is 1. The molecule has 1 aliphatic rings. The molecule has 0 unspecified atom stereocenters. The van der Waals surface area contributed by atoms with E-state index in [1.807, 2.05) is 32.9 Å². The van der Waals surface area contributed by atoms with Crippen molar-refractivity contribution in [2.75, 3.05) is 27.4 Å².